The molecule has 2 atom stereocenters. The highest BCUT2D eigenvalue weighted by Crippen LogP contribution is 2.23. The van der Waals surface area contributed by atoms with E-state index in [2.05, 4.69) is 14.7 Å². The summed E-state index contributed by atoms with van der Waals surface area (Å²) in [4.78, 5) is 41.0. The van der Waals surface area contributed by atoms with Crippen LogP contribution in [-0.4, -0.2) is 64.0 Å². The van der Waals surface area contributed by atoms with Gasteiger partial charge in [-0.05, 0) is 12.8 Å². The molecule has 1 N–H and O–H groups in total. The average Bonchev–Trinajstić information content (AvgIpc) is 3.15. The maximum atomic E-state index is 12.7. The lowest BCUT2D eigenvalue weighted by atomic mass is 10.1. The third-order valence-electron chi connectivity index (χ3n) is 4.08. The number of hydrogen-bond donors (Lipinski definition) is 1. The molecule has 2 saturated heterocycles. The van der Waals surface area contributed by atoms with E-state index < -0.39 is 17.9 Å². The predicted octanol–water partition coefficient (Wildman–Crippen LogP) is -0.726. The van der Waals surface area contributed by atoms with Crippen molar-refractivity contribution in [3.05, 3.63) is 16.4 Å². The number of ether oxygens (including phenoxy) is 1. The number of hydrogen-bond acceptors (Lipinski definition) is 6. The number of carbonyl (C=O) groups is 2. The molecule has 1 aromatic heterocycles. The van der Waals surface area contributed by atoms with Gasteiger partial charge in [-0.15, -0.1) is 0 Å². The number of amides is 2. The lowest BCUT2D eigenvalue weighted by Crippen LogP contribution is -2.51. The normalized spacial score (nSPS) is 25.5. The second kappa shape index (κ2) is 5.91. The number of rotatable bonds is 2. The maximum absolute atomic E-state index is 12.7. The second-order valence-electron chi connectivity index (χ2n) is 5.49. The van der Waals surface area contributed by atoms with Crippen molar-refractivity contribution in [2.75, 3.05) is 26.2 Å². The number of aromatic nitrogens is 2. The van der Waals surface area contributed by atoms with Gasteiger partial charge in [0.05, 0.1) is 13.2 Å². The average molecular weight is 310 g/mol. The Labute approximate surface area is 126 Å². The molecule has 2 fully saturated rings. The molecule has 2 aliphatic heterocycles. The molecule has 0 bridgehead atoms. The van der Waals surface area contributed by atoms with Gasteiger partial charge in [0, 0.05) is 20.0 Å². The van der Waals surface area contributed by atoms with E-state index in [4.69, 9.17) is 4.74 Å². The minimum atomic E-state index is -0.652. The first kappa shape index (κ1) is 14.8. The molecule has 0 aliphatic carbocycles. The Balaban J connectivity index is 1.70. The van der Waals surface area contributed by atoms with Crippen molar-refractivity contribution in [1.82, 2.24) is 19.9 Å². The molecule has 22 heavy (non-hydrogen) atoms. The Morgan fingerprint density at radius 1 is 1.36 bits per heavy atom. The highest BCUT2D eigenvalue weighted by atomic mass is 16.5. The Kier molecular flexibility index (Phi) is 3.97. The van der Waals surface area contributed by atoms with E-state index in [1.54, 1.807) is 9.80 Å². The van der Waals surface area contributed by atoms with Crippen LogP contribution in [0.4, 0.5) is 0 Å². The molecule has 0 radical (unpaired) electrons. The van der Waals surface area contributed by atoms with E-state index in [1.165, 1.54) is 6.92 Å². The summed E-state index contributed by atoms with van der Waals surface area (Å²) >= 11 is 0. The lowest BCUT2D eigenvalue weighted by molar-refractivity contribution is -0.148. The highest BCUT2D eigenvalue weighted by Gasteiger charge is 2.37. The molecule has 120 valence electrons. The molecule has 0 spiro atoms. The van der Waals surface area contributed by atoms with E-state index in [0.29, 0.717) is 26.1 Å². The van der Waals surface area contributed by atoms with Crippen molar-refractivity contribution in [2.45, 2.75) is 31.9 Å². The summed E-state index contributed by atoms with van der Waals surface area (Å²) in [5.74, 6) is -0.536. The summed E-state index contributed by atoms with van der Waals surface area (Å²) in [7, 11) is 0. The van der Waals surface area contributed by atoms with Gasteiger partial charge in [0.1, 0.15) is 12.1 Å². The molecular formula is C13H18N4O5. The third kappa shape index (κ3) is 2.76. The molecule has 1 aromatic rings. The Hall–Kier alpha value is -2.16. The second-order valence-corrected chi connectivity index (χ2v) is 5.49. The summed E-state index contributed by atoms with van der Waals surface area (Å²) in [5, 5.41) is 3.60. The zero-order valence-electron chi connectivity index (χ0n) is 12.3. The van der Waals surface area contributed by atoms with Crippen LogP contribution in [0.3, 0.4) is 0 Å². The largest absolute Gasteiger partial charge is 0.438 e. The summed E-state index contributed by atoms with van der Waals surface area (Å²) < 4.78 is 9.99. The van der Waals surface area contributed by atoms with Crippen molar-refractivity contribution < 1.29 is 18.8 Å². The quantitative estimate of drug-likeness (QED) is 0.771. The number of likely N-dealkylation sites (tertiary alicyclic amines) is 1. The van der Waals surface area contributed by atoms with Gasteiger partial charge in [0.15, 0.2) is 5.82 Å². The molecule has 9 heteroatoms. The van der Waals surface area contributed by atoms with Crippen molar-refractivity contribution >= 4 is 11.8 Å². The molecule has 9 nitrogen and oxygen atoms in total. The summed E-state index contributed by atoms with van der Waals surface area (Å²) in [5.41, 5.74) is 0. The van der Waals surface area contributed by atoms with Crippen LogP contribution in [0, 0.1) is 0 Å². The zero-order valence-corrected chi connectivity index (χ0v) is 12.3. The first-order valence-electron chi connectivity index (χ1n) is 7.29. The van der Waals surface area contributed by atoms with Gasteiger partial charge in [-0.1, -0.05) is 5.16 Å². The van der Waals surface area contributed by atoms with Gasteiger partial charge in [-0.25, -0.2) is 4.79 Å². The highest BCUT2D eigenvalue weighted by molar-refractivity contribution is 5.87. The van der Waals surface area contributed by atoms with E-state index in [9.17, 15) is 14.4 Å². The molecule has 2 amide bonds. The van der Waals surface area contributed by atoms with Gasteiger partial charge < -0.3 is 14.5 Å². The van der Waals surface area contributed by atoms with Crippen LogP contribution in [-0.2, 0) is 14.3 Å². The van der Waals surface area contributed by atoms with Crippen LogP contribution in [0.25, 0.3) is 0 Å². The van der Waals surface area contributed by atoms with Gasteiger partial charge in [0.25, 0.3) is 0 Å². The lowest BCUT2D eigenvalue weighted by Gasteiger charge is -2.35. The summed E-state index contributed by atoms with van der Waals surface area (Å²) in [6.45, 7) is 3.19. The number of morpholine rings is 1. The Morgan fingerprint density at radius 2 is 2.18 bits per heavy atom. The molecule has 3 heterocycles. The first-order valence-corrected chi connectivity index (χ1v) is 7.29. The van der Waals surface area contributed by atoms with Gasteiger partial charge in [0.2, 0.25) is 11.8 Å². The predicted molar refractivity (Wildman–Crippen MR) is 72.8 cm³/mol. The zero-order chi connectivity index (χ0) is 15.7. The first-order chi connectivity index (χ1) is 10.6. The van der Waals surface area contributed by atoms with Crippen LogP contribution < -0.4 is 5.76 Å². The SMILES string of the molecule is CC(=O)N1CCC[C@H]1C(=O)N1CCOC(c2noc(=O)[nH]2)C1. The van der Waals surface area contributed by atoms with Crippen LogP contribution in [0.2, 0.25) is 0 Å². The fourth-order valence-electron chi connectivity index (χ4n) is 3.01. The van der Waals surface area contributed by atoms with E-state index >= 15 is 0 Å². The van der Waals surface area contributed by atoms with Gasteiger partial charge >= 0.3 is 5.76 Å². The molecule has 0 aromatic carbocycles. The van der Waals surface area contributed by atoms with Crippen molar-refractivity contribution in [1.29, 1.82) is 0 Å². The van der Waals surface area contributed by atoms with Gasteiger partial charge in [-0.3, -0.25) is 19.1 Å². The molecular weight excluding hydrogens is 292 g/mol. The third-order valence-corrected chi connectivity index (χ3v) is 4.08. The van der Waals surface area contributed by atoms with Crippen LogP contribution in [0.15, 0.2) is 9.32 Å². The van der Waals surface area contributed by atoms with E-state index in [-0.39, 0.29) is 24.2 Å². The van der Waals surface area contributed by atoms with E-state index in [0.717, 1.165) is 6.42 Å². The number of aromatic amines is 1. The Morgan fingerprint density at radius 3 is 2.86 bits per heavy atom. The maximum Gasteiger partial charge on any atom is 0.438 e. The number of nitrogens with zero attached hydrogens (tertiary/aromatic N) is 3. The van der Waals surface area contributed by atoms with Crippen LogP contribution >= 0.6 is 0 Å². The molecule has 2 aliphatic rings. The number of nitrogens with one attached hydrogen (secondary N) is 1. The molecule has 1 unspecified atom stereocenters. The summed E-state index contributed by atoms with van der Waals surface area (Å²) in [6, 6.07) is -0.396. The minimum Gasteiger partial charge on any atom is -0.366 e. The minimum absolute atomic E-state index is 0.0770. The number of carbonyl (C=O) groups excluding carboxylic acids is 2. The monoisotopic (exact) mass is 310 g/mol. The van der Waals surface area contributed by atoms with Crippen molar-refractivity contribution in [3.63, 3.8) is 0 Å². The molecule has 0 saturated carbocycles. The van der Waals surface area contributed by atoms with Crippen molar-refractivity contribution in [3.8, 4) is 0 Å². The Bertz CT molecular complexity index is 624. The standard InChI is InChI=1S/C13H18N4O5/c1-8(18)17-4-2-3-9(17)12(19)16-5-6-21-10(7-16)11-14-13(20)22-15-11/h9-10H,2-7H2,1H3,(H,14,15,20)/t9-,10?/m0/s1. The van der Waals surface area contributed by atoms with E-state index in [1.807, 2.05) is 0 Å². The molecule has 3 rings (SSSR count). The summed E-state index contributed by atoms with van der Waals surface area (Å²) in [6.07, 6.45) is 0.998. The fraction of sp³-hybridized carbons (Fsp3) is 0.692. The fourth-order valence-corrected chi connectivity index (χ4v) is 3.01. The van der Waals surface area contributed by atoms with Crippen LogP contribution in [0.5, 0.6) is 0 Å². The topological polar surface area (TPSA) is 109 Å². The van der Waals surface area contributed by atoms with Crippen molar-refractivity contribution in [2.24, 2.45) is 0 Å². The smallest absolute Gasteiger partial charge is 0.366 e. The number of H-pyrrole nitrogens is 1. The van der Waals surface area contributed by atoms with Gasteiger partial charge in [-0.2, -0.15) is 0 Å². The van der Waals surface area contributed by atoms with Crippen LogP contribution in [0.1, 0.15) is 31.7 Å².